The Balaban J connectivity index is 1.13. The number of allylic oxidation sites excluding steroid dienone is 4. The van der Waals surface area contributed by atoms with Crippen molar-refractivity contribution in [2.75, 3.05) is 37.6 Å². The number of hydrogen-bond donors (Lipinski definition) is 2. The van der Waals surface area contributed by atoms with Crippen LogP contribution >= 0.6 is 11.6 Å². The minimum atomic E-state index is -0.892. The lowest BCUT2D eigenvalue weighted by Crippen LogP contribution is -2.67. The third kappa shape index (κ3) is 4.45. The number of aliphatic hydroxyl groups is 2. The van der Waals surface area contributed by atoms with E-state index in [2.05, 4.69) is 52.9 Å². The van der Waals surface area contributed by atoms with Gasteiger partial charge in [0.1, 0.15) is 11.6 Å². The lowest BCUT2D eigenvalue weighted by Gasteiger charge is -2.71. The fourth-order valence-corrected chi connectivity index (χ4v) is 11.9. The predicted molar refractivity (Wildman–Crippen MR) is 182 cm³/mol. The first-order chi connectivity index (χ1) is 22.4. The number of pyridine rings is 1. The van der Waals surface area contributed by atoms with Crippen LogP contribution in [0.15, 0.2) is 66.4 Å². The Morgan fingerprint density at radius 2 is 1.72 bits per heavy atom. The molecule has 2 bridgehead atoms. The van der Waals surface area contributed by atoms with Crippen molar-refractivity contribution in [2.24, 2.45) is 33.5 Å². The molecule has 6 nitrogen and oxygen atoms in total. The summed E-state index contributed by atoms with van der Waals surface area (Å²) in [6, 6.07) is 10.6. The van der Waals surface area contributed by atoms with E-state index in [1.54, 1.807) is 12.1 Å². The number of β-amino-alcohol motifs (C(OH)–C–C–N with tert-alkyl or cyclic N) is 1. The average molecular weight is 660 g/mol. The first kappa shape index (κ1) is 31.7. The number of ketones is 1. The highest BCUT2D eigenvalue weighted by Crippen LogP contribution is 2.78. The Labute approximate surface area is 282 Å². The van der Waals surface area contributed by atoms with Crippen molar-refractivity contribution in [1.29, 1.82) is 0 Å². The maximum absolute atomic E-state index is 15.1. The molecule has 0 radical (unpaired) electrons. The molecule has 9 rings (SSSR count). The number of anilines is 1. The number of aliphatic hydroxyl groups excluding tert-OH is 1. The summed E-state index contributed by atoms with van der Waals surface area (Å²) < 4.78 is 15.1. The van der Waals surface area contributed by atoms with E-state index < -0.39 is 33.8 Å². The Bertz CT molecular complexity index is 1620. The summed E-state index contributed by atoms with van der Waals surface area (Å²) in [6.45, 7) is 8.76. The summed E-state index contributed by atoms with van der Waals surface area (Å²) in [5.74, 6) is 0.726. The molecule has 3 saturated carbocycles. The van der Waals surface area contributed by atoms with Gasteiger partial charge in [-0.05, 0) is 86.5 Å². The number of aromatic nitrogens is 1. The molecule has 4 fully saturated rings. The molecule has 2 aromatic rings. The van der Waals surface area contributed by atoms with Gasteiger partial charge in [0, 0.05) is 77.7 Å². The summed E-state index contributed by atoms with van der Waals surface area (Å²) in [7, 11) is 0. The van der Waals surface area contributed by atoms with Gasteiger partial charge in [0.15, 0.2) is 5.78 Å². The van der Waals surface area contributed by atoms with Crippen LogP contribution in [0.5, 0.6) is 0 Å². The SMILES string of the molecule is C[C@]12CC[C@H]3[C@]4(C=C[C@@]5(C=C4C(=O)Cc4c(F)cccc4Cl)CC(O)CC[C@]35C)[C@@H]1CC[C@@]2(O)CN1CCN(c2ccccn2)CC1. The largest absolute Gasteiger partial charge is 0.393 e. The fraction of sp³-hybridized carbons (Fsp3) is 0.590. The number of carbonyl (C=O) groups excluding carboxylic acids is 1. The molecular formula is C39H47ClFN3O3. The number of nitrogens with zero attached hydrogens (tertiary/aromatic N) is 3. The van der Waals surface area contributed by atoms with Gasteiger partial charge in [0.05, 0.1) is 11.7 Å². The normalized spacial score (nSPS) is 40.9. The van der Waals surface area contributed by atoms with Crippen molar-refractivity contribution in [1.82, 2.24) is 9.88 Å². The van der Waals surface area contributed by atoms with E-state index in [0.29, 0.717) is 19.4 Å². The van der Waals surface area contributed by atoms with Gasteiger partial charge in [0.2, 0.25) is 0 Å². The molecule has 8 atom stereocenters. The van der Waals surface area contributed by atoms with Gasteiger partial charge < -0.3 is 15.1 Å². The number of hydrogen-bond acceptors (Lipinski definition) is 6. The third-order valence-electron chi connectivity index (χ3n) is 14.2. The molecule has 1 saturated heterocycles. The molecular weight excluding hydrogens is 613 g/mol. The first-order valence-corrected chi connectivity index (χ1v) is 18.0. The van der Waals surface area contributed by atoms with Gasteiger partial charge in [0.25, 0.3) is 0 Å². The topological polar surface area (TPSA) is 76.9 Å². The van der Waals surface area contributed by atoms with Crippen LogP contribution in [0.4, 0.5) is 10.2 Å². The van der Waals surface area contributed by atoms with E-state index >= 15 is 4.39 Å². The number of piperazine rings is 1. The molecule has 8 heteroatoms. The smallest absolute Gasteiger partial charge is 0.164 e. The molecule has 7 aliphatic rings. The highest BCUT2D eigenvalue weighted by atomic mass is 35.5. The van der Waals surface area contributed by atoms with Crippen LogP contribution in [0.1, 0.15) is 64.4 Å². The van der Waals surface area contributed by atoms with Crippen LogP contribution in [0.3, 0.4) is 0 Å². The maximum atomic E-state index is 15.1. The maximum Gasteiger partial charge on any atom is 0.164 e. The lowest BCUT2D eigenvalue weighted by atomic mass is 9.32. The molecule has 47 heavy (non-hydrogen) atoms. The van der Waals surface area contributed by atoms with Crippen LogP contribution in [-0.2, 0) is 11.2 Å². The molecule has 1 aromatic carbocycles. The number of halogens is 2. The summed E-state index contributed by atoms with van der Waals surface area (Å²) in [5, 5.41) is 24.0. The van der Waals surface area contributed by atoms with Crippen molar-refractivity contribution in [3.8, 4) is 0 Å². The van der Waals surface area contributed by atoms with Gasteiger partial charge in [-0.3, -0.25) is 9.69 Å². The second kappa shape index (κ2) is 11.0. The predicted octanol–water partition coefficient (Wildman–Crippen LogP) is 6.40. The van der Waals surface area contributed by atoms with E-state index in [1.165, 1.54) is 6.07 Å². The Morgan fingerprint density at radius 1 is 0.979 bits per heavy atom. The second-order valence-electron chi connectivity index (χ2n) is 16.1. The zero-order valence-electron chi connectivity index (χ0n) is 27.6. The monoisotopic (exact) mass is 659 g/mol. The average Bonchev–Trinajstić information content (AvgIpc) is 3.33. The van der Waals surface area contributed by atoms with Gasteiger partial charge >= 0.3 is 0 Å². The Kier molecular flexibility index (Phi) is 7.39. The molecule has 6 aliphatic carbocycles. The summed E-state index contributed by atoms with van der Waals surface area (Å²) in [4.78, 5) is 23.9. The van der Waals surface area contributed by atoms with E-state index in [0.717, 1.165) is 69.7 Å². The van der Waals surface area contributed by atoms with Crippen molar-refractivity contribution >= 4 is 23.2 Å². The number of benzene rings is 1. The van der Waals surface area contributed by atoms with E-state index in [4.69, 9.17) is 11.6 Å². The van der Waals surface area contributed by atoms with Gasteiger partial charge in [-0.25, -0.2) is 9.37 Å². The standard InChI is InChI=1S/C39H47ClFN3O3/c1-35-12-9-26(45)23-37(35)15-16-39(28(24-37)31(46)22-27-29(40)6-5-7-30(27)41)32(35)10-13-36(2)33(39)11-14-38(36,47)25-43-18-20-44(21-19-43)34-8-3-4-17-42-34/h3-8,15-17,24,26,32-33,45,47H,9-14,18-23,25H2,1-2H3/t26?,32-,33-,35-,36+,37+,38-,39-/m1/s1. The molecule has 250 valence electrons. The fourth-order valence-electron chi connectivity index (χ4n) is 11.7. The molecule has 0 amide bonds. The summed E-state index contributed by atoms with van der Waals surface area (Å²) >= 11 is 6.46. The summed E-state index contributed by atoms with van der Waals surface area (Å²) in [5.41, 5.74) is -1.36. The lowest BCUT2D eigenvalue weighted by molar-refractivity contribution is -0.179. The molecule has 1 aromatic heterocycles. The third-order valence-corrected chi connectivity index (χ3v) is 14.6. The molecule has 1 unspecified atom stereocenters. The minimum Gasteiger partial charge on any atom is -0.393 e. The van der Waals surface area contributed by atoms with Crippen LogP contribution in [0, 0.1) is 39.3 Å². The van der Waals surface area contributed by atoms with Crippen LogP contribution in [-0.4, -0.2) is 70.3 Å². The van der Waals surface area contributed by atoms with E-state index in [1.807, 2.05) is 18.3 Å². The van der Waals surface area contributed by atoms with E-state index in [9.17, 15) is 15.0 Å². The van der Waals surface area contributed by atoms with Crippen molar-refractivity contribution in [3.63, 3.8) is 0 Å². The van der Waals surface area contributed by atoms with Crippen molar-refractivity contribution < 1.29 is 19.4 Å². The number of fused-ring (bicyclic) bond motifs is 1. The van der Waals surface area contributed by atoms with Crippen molar-refractivity contribution in [2.45, 2.75) is 76.9 Å². The quantitative estimate of drug-likeness (QED) is 0.350. The second-order valence-corrected chi connectivity index (χ2v) is 16.5. The van der Waals surface area contributed by atoms with E-state index in [-0.39, 0.29) is 40.0 Å². The highest BCUT2D eigenvalue weighted by molar-refractivity contribution is 6.31. The van der Waals surface area contributed by atoms with Crippen LogP contribution in [0.25, 0.3) is 0 Å². The molecule has 2 spiro atoms. The zero-order chi connectivity index (χ0) is 32.8. The van der Waals surface area contributed by atoms with Gasteiger partial charge in [-0.1, -0.05) is 55.8 Å². The molecule has 2 heterocycles. The number of carbonyl (C=O) groups is 1. The highest BCUT2D eigenvalue weighted by Gasteiger charge is 2.74. The molecule has 1 aliphatic heterocycles. The zero-order valence-corrected chi connectivity index (χ0v) is 28.4. The summed E-state index contributed by atoms with van der Waals surface area (Å²) in [6.07, 6.45) is 13.8. The van der Waals surface area contributed by atoms with Crippen LogP contribution < -0.4 is 4.90 Å². The number of Topliss-reactive ketones (excluding diaryl/α,β-unsaturated/α-hetero) is 1. The van der Waals surface area contributed by atoms with Gasteiger partial charge in [-0.15, -0.1) is 0 Å². The van der Waals surface area contributed by atoms with Crippen molar-refractivity contribution in [3.05, 3.63) is 82.8 Å². The Hall–Kier alpha value is -2.58. The number of rotatable bonds is 6. The Morgan fingerprint density at radius 3 is 2.47 bits per heavy atom. The van der Waals surface area contributed by atoms with Gasteiger partial charge in [-0.2, -0.15) is 0 Å². The minimum absolute atomic E-state index is 0.0677. The molecule has 2 N–H and O–H groups in total. The van der Waals surface area contributed by atoms with Crippen LogP contribution in [0.2, 0.25) is 5.02 Å². The first-order valence-electron chi connectivity index (χ1n) is 17.6.